The van der Waals surface area contributed by atoms with E-state index in [1.807, 2.05) is 51.1 Å². The predicted molar refractivity (Wildman–Crippen MR) is 179 cm³/mol. The van der Waals surface area contributed by atoms with Gasteiger partial charge >= 0.3 is 0 Å². The van der Waals surface area contributed by atoms with Crippen LogP contribution in [0.2, 0.25) is 5.02 Å². The maximum atomic E-state index is 16.6. The highest BCUT2D eigenvalue weighted by Gasteiger charge is 2.50. The summed E-state index contributed by atoms with van der Waals surface area (Å²) in [5.41, 5.74) is -0.377. The van der Waals surface area contributed by atoms with E-state index < -0.39 is 34.9 Å². The Balaban J connectivity index is 1.35. The van der Waals surface area contributed by atoms with Gasteiger partial charge in [-0.3, -0.25) is 0 Å². The van der Waals surface area contributed by atoms with E-state index in [4.69, 9.17) is 30.5 Å². The molecule has 48 heavy (non-hydrogen) atoms. The molecule has 2 aliphatic heterocycles. The molecule has 1 aliphatic carbocycles. The molecule has 0 spiro atoms. The van der Waals surface area contributed by atoms with Crippen LogP contribution in [0.5, 0.6) is 11.5 Å². The number of hydrogen-bond donors (Lipinski definition) is 2. The SMILES string of the molecule is C[C@@H](COc1ccc(C#N)c(-c2c(Cl)c(F)cc3c2[C@H](C)[C@@](CNC2CCC(C)(O)CC2)(c2ccccc2)O3)c1F)OC1CCCCO1. The fourth-order valence-electron chi connectivity index (χ4n) is 7.28. The minimum absolute atomic E-state index is 0.00810. The first kappa shape index (κ1) is 34.6. The predicted octanol–water partition coefficient (Wildman–Crippen LogP) is 8.14. The zero-order chi connectivity index (χ0) is 34.1. The number of nitrogens with one attached hydrogen (secondary N) is 1. The van der Waals surface area contributed by atoms with Crippen LogP contribution >= 0.6 is 11.6 Å². The summed E-state index contributed by atoms with van der Waals surface area (Å²) < 4.78 is 56.5. The van der Waals surface area contributed by atoms with E-state index in [1.54, 1.807) is 0 Å². The molecule has 0 radical (unpaired) electrons. The molecule has 0 amide bonds. The van der Waals surface area contributed by atoms with Crippen molar-refractivity contribution in [3.8, 4) is 28.7 Å². The van der Waals surface area contributed by atoms with Crippen LogP contribution < -0.4 is 14.8 Å². The molecule has 10 heteroatoms. The summed E-state index contributed by atoms with van der Waals surface area (Å²) in [4.78, 5) is 0. The Labute approximate surface area is 286 Å². The van der Waals surface area contributed by atoms with E-state index in [2.05, 4.69) is 11.4 Å². The third-order valence-electron chi connectivity index (χ3n) is 10.1. The highest BCUT2D eigenvalue weighted by molar-refractivity contribution is 6.34. The number of nitriles is 1. The summed E-state index contributed by atoms with van der Waals surface area (Å²) in [6.45, 7) is 6.69. The quantitative estimate of drug-likeness (QED) is 0.223. The zero-order valence-electron chi connectivity index (χ0n) is 27.7. The van der Waals surface area contributed by atoms with Crippen molar-refractivity contribution in [2.45, 2.75) is 101 Å². The highest BCUT2D eigenvalue weighted by Crippen LogP contribution is 2.56. The minimum Gasteiger partial charge on any atom is -0.488 e. The normalized spacial score (nSPS) is 27.5. The van der Waals surface area contributed by atoms with Gasteiger partial charge in [0.05, 0.1) is 28.4 Å². The van der Waals surface area contributed by atoms with Crippen molar-refractivity contribution in [2.24, 2.45) is 0 Å². The molecule has 0 bridgehead atoms. The molecule has 4 atom stereocenters. The Morgan fingerprint density at radius 3 is 2.54 bits per heavy atom. The first-order valence-corrected chi connectivity index (χ1v) is 17.3. The number of halogens is 3. The second kappa shape index (κ2) is 14.3. The topological polar surface area (TPSA) is 93.0 Å². The molecule has 256 valence electrons. The van der Waals surface area contributed by atoms with Crippen molar-refractivity contribution < 1.29 is 32.8 Å². The lowest BCUT2D eigenvalue weighted by atomic mass is 9.77. The molecular weight excluding hydrogens is 638 g/mol. The van der Waals surface area contributed by atoms with Crippen LogP contribution in [-0.4, -0.2) is 48.9 Å². The van der Waals surface area contributed by atoms with Gasteiger partial charge in [-0.25, -0.2) is 8.78 Å². The van der Waals surface area contributed by atoms with Gasteiger partial charge in [0, 0.05) is 47.9 Å². The van der Waals surface area contributed by atoms with E-state index in [0.29, 0.717) is 31.6 Å². The average molecular weight is 681 g/mol. The van der Waals surface area contributed by atoms with Crippen LogP contribution in [0, 0.1) is 23.0 Å². The summed E-state index contributed by atoms with van der Waals surface area (Å²) in [6.07, 6.45) is 5.02. The number of nitrogens with zero attached hydrogens (tertiary/aromatic N) is 1. The molecule has 3 aromatic carbocycles. The maximum absolute atomic E-state index is 16.6. The summed E-state index contributed by atoms with van der Waals surface area (Å²) in [5.74, 6) is -1.91. The smallest absolute Gasteiger partial charge is 0.174 e. The Bertz CT molecular complexity index is 1650. The number of hydrogen-bond acceptors (Lipinski definition) is 7. The monoisotopic (exact) mass is 680 g/mol. The third-order valence-corrected chi connectivity index (χ3v) is 10.5. The number of aliphatic hydroxyl groups is 1. The Kier molecular flexibility index (Phi) is 10.3. The number of ether oxygens (including phenoxy) is 4. The molecule has 2 heterocycles. The van der Waals surface area contributed by atoms with Crippen molar-refractivity contribution in [1.29, 1.82) is 5.26 Å². The maximum Gasteiger partial charge on any atom is 0.174 e. The van der Waals surface area contributed by atoms with Gasteiger partial charge in [-0.1, -0.05) is 48.9 Å². The van der Waals surface area contributed by atoms with E-state index in [-0.39, 0.29) is 52.2 Å². The minimum atomic E-state index is -0.999. The van der Waals surface area contributed by atoms with Crippen LogP contribution in [0.25, 0.3) is 11.1 Å². The Hall–Kier alpha value is -3.26. The van der Waals surface area contributed by atoms with E-state index in [9.17, 15) is 10.4 Å². The highest BCUT2D eigenvalue weighted by atomic mass is 35.5. The third kappa shape index (κ3) is 6.92. The van der Waals surface area contributed by atoms with Gasteiger partial charge in [-0.05, 0) is 76.5 Å². The fraction of sp³-hybridized carbons (Fsp3) is 0.500. The van der Waals surface area contributed by atoms with Crippen molar-refractivity contribution in [2.75, 3.05) is 19.8 Å². The lowest BCUT2D eigenvalue weighted by Crippen LogP contribution is -2.49. The van der Waals surface area contributed by atoms with Crippen LogP contribution in [0.3, 0.4) is 0 Å². The summed E-state index contributed by atoms with van der Waals surface area (Å²) in [5, 5.41) is 24.0. The average Bonchev–Trinajstić information content (AvgIpc) is 3.36. The van der Waals surface area contributed by atoms with Gasteiger partial charge in [-0.2, -0.15) is 5.26 Å². The molecule has 3 aliphatic rings. The summed E-state index contributed by atoms with van der Waals surface area (Å²) in [6, 6.07) is 16.0. The van der Waals surface area contributed by atoms with E-state index >= 15 is 8.78 Å². The molecule has 0 aromatic heterocycles. The lowest BCUT2D eigenvalue weighted by Gasteiger charge is -2.38. The summed E-state index contributed by atoms with van der Waals surface area (Å²) in [7, 11) is 0. The van der Waals surface area contributed by atoms with Gasteiger partial charge < -0.3 is 29.4 Å². The molecule has 6 rings (SSSR count). The standard InChI is InChI=1S/C38H43ClF2N2O5/c1-23(47-31-11-7-8-18-45-31)21-46-29-13-12-25(20-42)33(36(29)41)34-32-24(2)38(26-9-5-4-6-10-26,48-30(32)19-28(40)35(34)39)22-43-27-14-16-37(3,44)17-15-27/h4-6,9-10,12-13,19,23-24,27,31,43-44H,7-8,11,14-18,21-22H2,1-3H3/t23-,24-,27?,31?,37?,38-/m0/s1. The van der Waals surface area contributed by atoms with E-state index in [0.717, 1.165) is 37.7 Å². The molecule has 1 unspecified atom stereocenters. The van der Waals surface area contributed by atoms with E-state index in [1.165, 1.54) is 18.2 Å². The van der Waals surface area contributed by atoms with Crippen molar-refractivity contribution in [3.05, 3.63) is 81.9 Å². The Morgan fingerprint density at radius 2 is 1.85 bits per heavy atom. The second-order valence-electron chi connectivity index (χ2n) is 13.7. The summed E-state index contributed by atoms with van der Waals surface area (Å²) >= 11 is 6.71. The molecule has 1 saturated carbocycles. The molecule has 2 fully saturated rings. The first-order chi connectivity index (χ1) is 23.0. The molecular formula is C38H43ClF2N2O5. The van der Waals surface area contributed by atoms with Crippen LogP contribution in [0.1, 0.15) is 88.3 Å². The number of rotatable bonds is 10. The largest absolute Gasteiger partial charge is 0.488 e. The van der Waals surface area contributed by atoms with Crippen molar-refractivity contribution in [1.82, 2.24) is 5.32 Å². The first-order valence-electron chi connectivity index (χ1n) is 16.9. The zero-order valence-corrected chi connectivity index (χ0v) is 28.4. The fourth-order valence-corrected chi connectivity index (χ4v) is 7.53. The number of benzene rings is 3. The van der Waals surface area contributed by atoms with Gasteiger partial charge in [0.1, 0.15) is 18.2 Å². The van der Waals surface area contributed by atoms with Gasteiger partial charge in [0.15, 0.2) is 23.5 Å². The van der Waals surface area contributed by atoms with Crippen LogP contribution in [0.15, 0.2) is 48.5 Å². The lowest BCUT2D eigenvalue weighted by molar-refractivity contribution is -0.189. The molecule has 7 nitrogen and oxygen atoms in total. The van der Waals surface area contributed by atoms with Gasteiger partial charge in [-0.15, -0.1) is 0 Å². The molecule has 3 aromatic rings. The van der Waals surface area contributed by atoms with Gasteiger partial charge in [0.2, 0.25) is 0 Å². The van der Waals surface area contributed by atoms with Crippen LogP contribution in [0.4, 0.5) is 8.78 Å². The molecule has 1 saturated heterocycles. The molecule has 2 N–H and O–H groups in total. The van der Waals surface area contributed by atoms with Gasteiger partial charge in [0.25, 0.3) is 0 Å². The van der Waals surface area contributed by atoms with Crippen molar-refractivity contribution >= 4 is 11.6 Å². The van der Waals surface area contributed by atoms with Crippen molar-refractivity contribution in [3.63, 3.8) is 0 Å². The Morgan fingerprint density at radius 1 is 1.10 bits per heavy atom. The second-order valence-corrected chi connectivity index (χ2v) is 14.0. The number of fused-ring (bicyclic) bond motifs is 1. The van der Waals surface area contributed by atoms with Crippen LogP contribution in [-0.2, 0) is 15.1 Å².